The molecule has 29 heavy (non-hydrogen) atoms. The number of carbonyl (C=O) groups is 2. The topological polar surface area (TPSA) is 108 Å². The predicted molar refractivity (Wildman–Crippen MR) is 111 cm³/mol. The van der Waals surface area contributed by atoms with Gasteiger partial charge in [0.15, 0.2) is 6.61 Å². The largest absolute Gasteiger partial charge is 0.454 e. The number of aryl methyl sites for hydroxylation is 1. The smallest absolute Gasteiger partial charge is 0.338 e. The average Bonchev–Trinajstić information content (AvgIpc) is 2.91. The number of nitrogens with zero attached hydrogens (tertiary/aromatic N) is 1. The van der Waals surface area contributed by atoms with Crippen molar-refractivity contribution in [3.05, 3.63) is 51.8 Å². The number of nitrogens with two attached hydrogens (primary N) is 1. The summed E-state index contributed by atoms with van der Waals surface area (Å²) in [5.41, 5.74) is 2.23. The van der Waals surface area contributed by atoms with E-state index in [2.05, 4.69) is 18.4 Å². The van der Waals surface area contributed by atoms with Crippen LogP contribution in [0.4, 0.5) is 0 Å². The molecular weight excluding hydrogens is 416 g/mol. The zero-order valence-electron chi connectivity index (χ0n) is 16.9. The van der Waals surface area contributed by atoms with Gasteiger partial charge in [-0.2, -0.15) is 0 Å². The van der Waals surface area contributed by atoms with Gasteiger partial charge in [0, 0.05) is 23.5 Å². The third-order valence-electron chi connectivity index (χ3n) is 4.61. The molecule has 0 saturated heterocycles. The molecule has 1 heterocycles. The molecular formula is C20H25ClN2O5S. The van der Waals surface area contributed by atoms with Crippen molar-refractivity contribution in [3.63, 3.8) is 0 Å². The van der Waals surface area contributed by atoms with Gasteiger partial charge in [0.25, 0.3) is 0 Å². The molecule has 158 valence electrons. The second kappa shape index (κ2) is 9.11. The molecule has 2 aromatic rings. The Morgan fingerprint density at radius 1 is 1.21 bits per heavy atom. The van der Waals surface area contributed by atoms with E-state index in [4.69, 9.17) is 21.5 Å². The molecule has 9 heteroatoms. The van der Waals surface area contributed by atoms with Crippen LogP contribution in [-0.2, 0) is 21.3 Å². The van der Waals surface area contributed by atoms with Crippen LogP contribution in [0.5, 0.6) is 0 Å². The van der Waals surface area contributed by atoms with Gasteiger partial charge in [-0.1, -0.05) is 25.4 Å². The van der Waals surface area contributed by atoms with E-state index in [1.54, 1.807) is 6.07 Å². The van der Waals surface area contributed by atoms with Gasteiger partial charge in [0.2, 0.25) is 15.8 Å². The Hall–Kier alpha value is -2.16. The molecule has 2 N–H and O–H groups in total. The zero-order chi connectivity index (χ0) is 21.9. The van der Waals surface area contributed by atoms with E-state index in [0.717, 1.165) is 30.4 Å². The second-order valence-corrected chi connectivity index (χ2v) is 9.25. The molecule has 0 bridgehead atoms. The van der Waals surface area contributed by atoms with Crippen LogP contribution < -0.4 is 5.14 Å². The number of esters is 1. The highest BCUT2D eigenvalue weighted by molar-refractivity contribution is 7.89. The van der Waals surface area contributed by atoms with E-state index in [0.29, 0.717) is 11.5 Å². The Bertz CT molecular complexity index is 1040. The van der Waals surface area contributed by atoms with Crippen LogP contribution >= 0.6 is 11.6 Å². The predicted octanol–water partition coefficient (Wildman–Crippen LogP) is 3.49. The molecule has 7 nitrogen and oxygen atoms in total. The molecule has 0 atom stereocenters. The normalized spacial score (nSPS) is 11.7. The first-order chi connectivity index (χ1) is 13.4. The summed E-state index contributed by atoms with van der Waals surface area (Å²) >= 11 is 5.81. The first kappa shape index (κ1) is 23.1. The fourth-order valence-electron chi connectivity index (χ4n) is 2.96. The minimum absolute atomic E-state index is 0.0615. The summed E-state index contributed by atoms with van der Waals surface area (Å²) in [5, 5.41) is 4.98. The number of halogens is 1. The van der Waals surface area contributed by atoms with Crippen LogP contribution in [0.15, 0.2) is 29.2 Å². The van der Waals surface area contributed by atoms with Crippen LogP contribution in [0.1, 0.15) is 52.4 Å². The molecule has 0 aliphatic rings. The van der Waals surface area contributed by atoms with Gasteiger partial charge < -0.3 is 9.30 Å². The molecule has 0 spiro atoms. The molecule has 2 rings (SSSR count). The summed E-state index contributed by atoms with van der Waals surface area (Å²) < 4.78 is 30.2. The second-order valence-electron chi connectivity index (χ2n) is 7.31. The van der Waals surface area contributed by atoms with Crippen molar-refractivity contribution in [2.24, 2.45) is 11.1 Å². The zero-order valence-corrected chi connectivity index (χ0v) is 18.4. The lowest BCUT2D eigenvalue weighted by Gasteiger charge is -2.11. The summed E-state index contributed by atoms with van der Waals surface area (Å²) in [5.74, 6) is -0.630. The Labute approximate surface area is 175 Å². The first-order valence-corrected chi connectivity index (χ1v) is 11.0. The number of ketones is 1. The Morgan fingerprint density at radius 2 is 1.86 bits per heavy atom. The van der Waals surface area contributed by atoms with E-state index in [-0.39, 0.29) is 21.3 Å². The van der Waals surface area contributed by atoms with Crippen molar-refractivity contribution >= 4 is 33.4 Å². The molecule has 0 amide bonds. The summed E-state index contributed by atoms with van der Waals surface area (Å²) in [6.45, 7) is 8.41. The monoisotopic (exact) mass is 440 g/mol. The van der Waals surface area contributed by atoms with Gasteiger partial charge in [0.1, 0.15) is 4.90 Å². The van der Waals surface area contributed by atoms with Crippen molar-refractivity contribution in [3.8, 4) is 0 Å². The van der Waals surface area contributed by atoms with Gasteiger partial charge >= 0.3 is 5.97 Å². The number of hydrogen-bond donors (Lipinski definition) is 1. The van der Waals surface area contributed by atoms with Crippen LogP contribution in [0.2, 0.25) is 5.02 Å². The van der Waals surface area contributed by atoms with E-state index in [1.807, 2.05) is 13.8 Å². The Kier molecular flexibility index (Phi) is 7.26. The van der Waals surface area contributed by atoms with Crippen molar-refractivity contribution in [2.75, 3.05) is 6.61 Å². The number of ether oxygens (including phenoxy) is 1. The van der Waals surface area contributed by atoms with Crippen LogP contribution in [0.25, 0.3) is 0 Å². The number of aromatic nitrogens is 1. The van der Waals surface area contributed by atoms with Crippen LogP contribution in [0, 0.1) is 19.8 Å². The van der Waals surface area contributed by atoms with E-state index < -0.39 is 22.6 Å². The number of rotatable bonds is 8. The summed E-state index contributed by atoms with van der Waals surface area (Å²) in [4.78, 5) is 24.4. The lowest BCUT2D eigenvalue weighted by atomic mass is 10.1. The maximum atomic E-state index is 12.6. The fourth-order valence-corrected chi connectivity index (χ4v) is 4.03. The third kappa shape index (κ3) is 5.68. The highest BCUT2D eigenvalue weighted by Gasteiger charge is 2.20. The molecule has 0 saturated carbocycles. The Morgan fingerprint density at radius 3 is 2.45 bits per heavy atom. The molecule has 0 radical (unpaired) electrons. The number of primary sulfonamides is 1. The molecule has 0 unspecified atom stereocenters. The fraction of sp³-hybridized carbons (Fsp3) is 0.400. The Balaban J connectivity index is 2.12. The summed E-state index contributed by atoms with van der Waals surface area (Å²) in [6.07, 6.45) is 0.988. The van der Waals surface area contributed by atoms with Crippen LogP contribution in [0.3, 0.4) is 0 Å². The highest BCUT2D eigenvalue weighted by Crippen LogP contribution is 2.22. The van der Waals surface area contributed by atoms with E-state index >= 15 is 0 Å². The SMILES string of the molecule is Cc1cc(C(=O)COC(=O)c2ccc(Cl)c(S(N)(=O)=O)c2)c(C)n1CCC(C)C. The highest BCUT2D eigenvalue weighted by atomic mass is 35.5. The van der Waals surface area contributed by atoms with Gasteiger partial charge in [-0.3, -0.25) is 4.79 Å². The number of Topliss-reactive ketones (excluding diaryl/α,β-unsaturated/α-hetero) is 1. The van der Waals surface area contributed by atoms with E-state index in [9.17, 15) is 18.0 Å². The number of sulfonamides is 1. The summed E-state index contributed by atoms with van der Waals surface area (Å²) in [7, 11) is -4.09. The maximum Gasteiger partial charge on any atom is 0.338 e. The van der Waals surface area contributed by atoms with E-state index in [1.165, 1.54) is 12.1 Å². The molecule has 0 aliphatic heterocycles. The summed E-state index contributed by atoms with van der Waals surface area (Å²) in [6, 6.07) is 5.36. The molecule has 1 aromatic carbocycles. The number of benzene rings is 1. The molecule has 1 aromatic heterocycles. The number of carbonyl (C=O) groups excluding carboxylic acids is 2. The van der Waals surface area contributed by atoms with Gasteiger partial charge in [-0.05, 0) is 50.5 Å². The van der Waals surface area contributed by atoms with Crippen molar-refractivity contribution < 1.29 is 22.7 Å². The van der Waals surface area contributed by atoms with Crippen molar-refractivity contribution in [1.82, 2.24) is 4.57 Å². The maximum absolute atomic E-state index is 12.6. The van der Waals surface area contributed by atoms with Gasteiger partial charge in [-0.25, -0.2) is 18.4 Å². The standard InChI is InChI=1S/C20H25ClN2O5S/c1-12(2)7-8-23-13(3)9-16(14(23)4)18(24)11-28-20(25)15-5-6-17(21)19(10-15)29(22,26)27/h5-6,9-10,12H,7-8,11H2,1-4H3,(H2,22,26,27). The lowest BCUT2D eigenvalue weighted by molar-refractivity contribution is 0.0474. The van der Waals surface area contributed by atoms with Crippen molar-refractivity contribution in [1.29, 1.82) is 0 Å². The minimum Gasteiger partial charge on any atom is -0.454 e. The molecule has 0 fully saturated rings. The van der Waals surface area contributed by atoms with Crippen molar-refractivity contribution in [2.45, 2.75) is 45.6 Å². The van der Waals surface area contributed by atoms with Gasteiger partial charge in [-0.15, -0.1) is 0 Å². The lowest BCUT2D eigenvalue weighted by Crippen LogP contribution is -2.17. The number of hydrogen-bond acceptors (Lipinski definition) is 5. The third-order valence-corrected chi connectivity index (χ3v) is 6.00. The van der Waals surface area contributed by atoms with Crippen LogP contribution in [-0.4, -0.2) is 31.3 Å². The quantitative estimate of drug-likeness (QED) is 0.499. The van der Waals surface area contributed by atoms with Gasteiger partial charge in [0.05, 0.1) is 10.6 Å². The minimum atomic E-state index is -4.09. The molecule has 0 aliphatic carbocycles. The first-order valence-electron chi connectivity index (χ1n) is 9.11. The average molecular weight is 441 g/mol.